The second-order valence-corrected chi connectivity index (χ2v) is 22.0. The lowest BCUT2D eigenvalue weighted by Gasteiger charge is -2.41. The van der Waals surface area contributed by atoms with Gasteiger partial charge in [-0.15, -0.1) is 0 Å². The van der Waals surface area contributed by atoms with Gasteiger partial charge in [0, 0.05) is 39.3 Å². The summed E-state index contributed by atoms with van der Waals surface area (Å²) >= 11 is 0. The number of para-hydroxylation sites is 1. The fraction of sp³-hybridized carbons (Fsp3) is 0.143. The molecule has 2 heteroatoms. The molecule has 348 valence electrons. The fourth-order valence-corrected chi connectivity index (χ4v) is 11.7. The Hall–Kier alpha value is -8.20. The largest absolute Gasteiger partial charge is 0.457 e. The van der Waals surface area contributed by atoms with Crippen LogP contribution in [0.4, 0.5) is 0 Å². The molecule has 2 nitrogen and oxygen atoms in total. The van der Waals surface area contributed by atoms with Crippen molar-refractivity contribution in [1.82, 2.24) is 0 Å². The van der Waals surface area contributed by atoms with E-state index in [-0.39, 0.29) is 22.7 Å². The van der Waals surface area contributed by atoms with Gasteiger partial charge in [0.1, 0.15) is 22.7 Å². The van der Waals surface area contributed by atoms with Crippen LogP contribution < -0.4 is 4.74 Å². The Morgan fingerprint density at radius 3 is 1.50 bits per heavy atom. The van der Waals surface area contributed by atoms with Gasteiger partial charge in [-0.1, -0.05) is 217 Å². The molecule has 2 heterocycles. The molecule has 2 unspecified atom stereocenters. The summed E-state index contributed by atoms with van der Waals surface area (Å²) in [7, 11) is 0. The summed E-state index contributed by atoms with van der Waals surface area (Å²) < 4.78 is 14.5. The van der Waals surface area contributed by atoms with E-state index in [1.54, 1.807) is 0 Å². The Labute approximate surface area is 423 Å². The zero-order chi connectivity index (χ0) is 48.9. The lowest BCUT2D eigenvalue weighted by molar-refractivity contribution is 0.449. The molecule has 10 aromatic carbocycles. The Morgan fingerprint density at radius 1 is 0.333 bits per heavy atom. The molecule has 0 bridgehead atoms. The van der Waals surface area contributed by atoms with Gasteiger partial charge in [-0.3, -0.25) is 0 Å². The minimum absolute atomic E-state index is 0.0198. The molecule has 0 N–H and O–H groups in total. The molecule has 0 amide bonds. The van der Waals surface area contributed by atoms with E-state index < -0.39 is 0 Å². The van der Waals surface area contributed by atoms with Crippen molar-refractivity contribution in [3.63, 3.8) is 0 Å². The van der Waals surface area contributed by atoms with Crippen LogP contribution in [0.2, 0.25) is 0 Å². The molecule has 1 aliphatic heterocycles. The molecule has 1 aromatic heterocycles. The van der Waals surface area contributed by atoms with Crippen LogP contribution in [-0.4, -0.2) is 0 Å². The van der Waals surface area contributed by atoms with Gasteiger partial charge in [0.15, 0.2) is 0 Å². The zero-order valence-electron chi connectivity index (χ0n) is 41.8. The fourth-order valence-electron chi connectivity index (χ4n) is 11.7. The number of fused-ring (bicyclic) bond motifs is 7. The van der Waals surface area contributed by atoms with Crippen molar-refractivity contribution in [3.8, 4) is 67.1 Å². The average Bonchev–Trinajstić information content (AvgIpc) is 3.78. The highest BCUT2D eigenvalue weighted by molar-refractivity contribution is 6.13. The highest BCUT2D eigenvalue weighted by Crippen LogP contribution is 2.61. The molecular formula is C70H56O2. The number of hydrogen-bond acceptors (Lipinski definition) is 2. The van der Waals surface area contributed by atoms with E-state index in [4.69, 9.17) is 9.15 Å². The van der Waals surface area contributed by atoms with E-state index in [1.807, 2.05) is 0 Å². The second kappa shape index (κ2) is 16.7. The van der Waals surface area contributed by atoms with Crippen molar-refractivity contribution in [2.24, 2.45) is 0 Å². The highest BCUT2D eigenvalue weighted by Gasteiger charge is 2.43. The Morgan fingerprint density at radius 2 is 0.847 bits per heavy atom. The lowest BCUT2D eigenvalue weighted by Crippen LogP contribution is -2.24. The molecule has 13 rings (SSSR count). The molecule has 2 aliphatic rings. The van der Waals surface area contributed by atoms with Crippen molar-refractivity contribution in [3.05, 3.63) is 263 Å². The predicted octanol–water partition coefficient (Wildman–Crippen LogP) is 19.3. The zero-order valence-corrected chi connectivity index (χ0v) is 41.8. The summed E-state index contributed by atoms with van der Waals surface area (Å²) in [5.41, 5.74) is 23.4. The summed E-state index contributed by atoms with van der Waals surface area (Å²) in [6.07, 6.45) is 0. The number of furan rings is 1. The van der Waals surface area contributed by atoms with Gasteiger partial charge in [0.05, 0.1) is 0 Å². The van der Waals surface area contributed by atoms with E-state index >= 15 is 0 Å². The summed E-state index contributed by atoms with van der Waals surface area (Å²) in [6.45, 7) is 13.9. The van der Waals surface area contributed by atoms with E-state index in [0.29, 0.717) is 0 Å². The van der Waals surface area contributed by atoms with E-state index in [0.717, 1.165) is 61.3 Å². The molecule has 0 saturated carbocycles. The first kappa shape index (κ1) is 43.8. The lowest BCUT2D eigenvalue weighted by atomic mass is 9.64. The average molecular weight is 929 g/mol. The third kappa shape index (κ3) is 7.31. The molecule has 72 heavy (non-hydrogen) atoms. The van der Waals surface area contributed by atoms with Crippen LogP contribution in [0.3, 0.4) is 0 Å². The molecule has 0 radical (unpaired) electrons. The first-order valence-corrected chi connectivity index (χ1v) is 25.5. The van der Waals surface area contributed by atoms with Crippen LogP contribution >= 0.6 is 0 Å². The van der Waals surface area contributed by atoms with Crippen LogP contribution in [0, 0.1) is 0 Å². The molecular weight excluding hydrogens is 873 g/mol. The van der Waals surface area contributed by atoms with Crippen molar-refractivity contribution in [2.45, 2.75) is 64.2 Å². The normalized spacial score (nSPS) is 14.9. The van der Waals surface area contributed by atoms with E-state index in [2.05, 4.69) is 260 Å². The minimum atomic E-state index is -0.244. The standard InChI is InChI=1S/C70H56O2/c1-69(2,3)51-35-49(36-52(41-51)70(4,5)6)48-32-34-61-58(38-48)64-54-33-31-47(43-21-11-7-12-22-43)37-56(54)65(59-39-50(40-62(71-61)66(59)64)44-23-13-8-14-24-44)67-55(45-25-15-9-16-26-45)42-57-53-29-19-20-30-60(53)72-68(57)63(67)46-27-17-10-18-28-46/h7-42,64-65H,1-6H3. The monoisotopic (exact) mass is 928 g/mol. The Kier molecular flexibility index (Phi) is 10.2. The van der Waals surface area contributed by atoms with Crippen LogP contribution in [0.1, 0.15) is 97.9 Å². The SMILES string of the molecule is CC(C)(C)c1cc(-c2ccc3c(c2)C2c4ccc(-c5ccccc5)cc4C(c4c(-c5ccccc5)cc5c(oc6ccccc65)c4-c4ccccc4)c4cc(-c5ccccc5)cc(c42)O3)cc(C(C)(C)C)c1. The number of ether oxygens (including phenoxy) is 1. The molecule has 0 fully saturated rings. The summed E-state index contributed by atoms with van der Waals surface area (Å²) in [4.78, 5) is 0. The highest BCUT2D eigenvalue weighted by atomic mass is 16.5. The molecule has 1 aliphatic carbocycles. The Bertz CT molecular complexity index is 3850. The van der Waals surface area contributed by atoms with Gasteiger partial charge in [-0.25, -0.2) is 0 Å². The number of benzene rings is 10. The van der Waals surface area contributed by atoms with E-state index in [9.17, 15) is 0 Å². The van der Waals surface area contributed by atoms with Gasteiger partial charge in [-0.2, -0.15) is 0 Å². The third-order valence-electron chi connectivity index (χ3n) is 15.4. The first-order chi connectivity index (χ1) is 35.0. The van der Waals surface area contributed by atoms with Crippen LogP contribution in [0.25, 0.3) is 77.6 Å². The van der Waals surface area contributed by atoms with Gasteiger partial charge in [0.25, 0.3) is 0 Å². The van der Waals surface area contributed by atoms with Crippen LogP contribution in [-0.2, 0) is 10.8 Å². The quantitative estimate of drug-likeness (QED) is 0.166. The maximum atomic E-state index is 7.35. The topological polar surface area (TPSA) is 22.4 Å². The number of rotatable bonds is 6. The summed E-state index contributed by atoms with van der Waals surface area (Å²) in [5, 5.41) is 2.21. The maximum absolute atomic E-state index is 7.35. The Balaban J connectivity index is 1.16. The van der Waals surface area contributed by atoms with Crippen molar-refractivity contribution in [2.75, 3.05) is 0 Å². The first-order valence-electron chi connectivity index (χ1n) is 25.5. The van der Waals surface area contributed by atoms with Crippen molar-refractivity contribution < 1.29 is 9.15 Å². The van der Waals surface area contributed by atoms with Gasteiger partial charge < -0.3 is 9.15 Å². The van der Waals surface area contributed by atoms with Gasteiger partial charge >= 0.3 is 0 Å². The van der Waals surface area contributed by atoms with Gasteiger partial charge in [-0.05, 0) is 137 Å². The smallest absolute Gasteiger partial charge is 0.143 e. The maximum Gasteiger partial charge on any atom is 0.143 e. The van der Waals surface area contributed by atoms with Crippen LogP contribution in [0.15, 0.2) is 223 Å². The van der Waals surface area contributed by atoms with E-state index in [1.165, 1.54) is 72.3 Å². The third-order valence-corrected chi connectivity index (χ3v) is 15.4. The van der Waals surface area contributed by atoms with Gasteiger partial charge in [0.2, 0.25) is 0 Å². The van der Waals surface area contributed by atoms with Crippen molar-refractivity contribution >= 4 is 21.9 Å². The number of hydrogen-bond donors (Lipinski definition) is 0. The molecule has 0 spiro atoms. The molecule has 0 saturated heterocycles. The second-order valence-electron chi connectivity index (χ2n) is 22.0. The molecule has 2 atom stereocenters. The molecule has 11 aromatic rings. The van der Waals surface area contributed by atoms with Crippen LogP contribution in [0.5, 0.6) is 11.5 Å². The summed E-state index contributed by atoms with van der Waals surface area (Å²) in [5.74, 6) is 1.44. The summed E-state index contributed by atoms with van der Waals surface area (Å²) in [6, 6.07) is 80.7. The van der Waals surface area contributed by atoms with Crippen molar-refractivity contribution in [1.29, 1.82) is 0 Å². The minimum Gasteiger partial charge on any atom is -0.457 e. The predicted molar refractivity (Wildman–Crippen MR) is 300 cm³/mol.